The number of hydrogen-bond donors (Lipinski definition) is 2. The third-order valence-electron chi connectivity index (χ3n) is 3.62. The number of nitrogens with zero attached hydrogens (tertiary/aromatic N) is 2. The molecule has 0 aliphatic rings. The number of para-hydroxylation sites is 2. The molecule has 0 saturated heterocycles. The second kappa shape index (κ2) is 7.54. The number of fused-ring (bicyclic) bond motifs is 1. The Balaban J connectivity index is 1.70. The molecular formula is C16H24N4OS. The predicted octanol–water partition coefficient (Wildman–Crippen LogP) is 2.87. The first-order valence-corrected chi connectivity index (χ1v) is 8.71. The van der Waals surface area contributed by atoms with Crippen LogP contribution in [0.1, 0.15) is 20.3 Å². The Morgan fingerprint density at radius 1 is 1.32 bits per heavy atom. The van der Waals surface area contributed by atoms with Gasteiger partial charge in [-0.1, -0.05) is 12.1 Å². The maximum absolute atomic E-state index is 11.7. The van der Waals surface area contributed by atoms with Crippen molar-refractivity contribution in [3.05, 3.63) is 30.6 Å². The summed E-state index contributed by atoms with van der Waals surface area (Å²) in [6.45, 7) is 6.38. The zero-order chi connectivity index (χ0) is 16.0. The third-order valence-corrected chi connectivity index (χ3v) is 4.87. The van der Waals surface area contributed by atoms with Gasteiger partial charge in [0.2, 0.25) is 0 Å². The number of aromatic nitrogens is 2. The Kier molecular flexibility index (Phi) is 5.71. The van der Waals surface area contributed by atoms with E-state index in [0.29, 0.717) is 13.1 Å². The number of imidazole rings is 1. The minimum absolute atomic E-state index is 0.0626. The van der Waals surface area contributed by atoms with E-state index in [1.807, 2.05) is 24.5 Å². The molecule has 1 aromatic heterocycles. The highest BCUT2D eigenvalue weighted by Crippen LogP contribution is 2.19. The fourth-order valence-electron chi connectivity index (χ4n) is 2.07. The summed E-state index contributed by atoms with van der Waals surface area (Å²) in [5.74, 6) is 0. The molecule has 0 saturated carbocycles. The fourth-order valence-corrected chi connectivity index (χ4v) is 2.28. The molecule has 2 amide bonds. The molecule has 0 aliphatic heterocycles. The van der Waals surface area contributed by atoms with E-state index in [2.05, 4.69) is 46.4 Å². The zero-order valence-corrected chi connectivity index (χ0v) is 14.2. The van der Waals surface area contributed by atoms with Gasteiger partial charge in [-0.25, -0.2) is 9.78 Å². The van der Waals surface area contributed by atoms with Crippen LogP contribution in [0.2, 0.25) is 0 Å². The quantitative estimate of drug-likeness (QED) is 0.771. The lowest BCUT2D eigenvalue weighted by Gasteiger charge is -2.22. The highest BCUT2D eigenvalue weighted by atomic mass is 32.2. The Labute approximate surface area is 135 Å². The van der Waals surface area contributed by atoms with Crippen LogP contribution in [0.15, 0.2) is 30.6 Å². The maximum atomic E-state index is 11.7. The topological polar surface area (TPSA) is 59.0 Å². The van der Waals surface area contributed by atoms with Gasteiger partial charge in [-0.05, 0) is 38.7 Å². The molecule has 6 heteroatoms. The Morgan fingerprint density at radius 3 is 2.86 bits per heavy atom. The number of carbonyl (C=O) groups excluding carboxylic acids is 1. The summed E-state index contributed by atoms with van der Waals surface area (Å²) >= 11 is 1.74. The Hall–Kier alpha value is -1.69. The van der Waals surface area contributed by atoms with Crippen LogP contribution >= 0.6 is 11.8 Å². The number of benzene rings is 1. The lowest BCUT2D eigenvalue weighted by molar-refractivity contribution is 0.240. The Morgan fingerprint density at radius 2 is 2.09 bits per heavy atom. The minimum Gasteiger partial charge on any atom is -0.338 e. The SMILES string of the molecule is CSC(C)(C)CNC(=O)NCCCn1cnc2ccccc21. The van der Waals surface area contributed by atoms with Crippen LogP contribution in [0.25, 0.3) is 11.0 Å². The van der Waals surface area contributed by atoms with Crippen molar-refractivity contribution in [1.29, 1.82) is 0 Å². The van der Waals surface area contributed by atoms with Crippen molar-refractivity contribution in [3.63, 3.8) is 0 Å². The summed E-state index contributed by atoms with van der Waals surface area (Å²) < 4.78 is 2.18. The van der Waals surface area contributed by atoms with Gasteiger partial charge in [0.1, 0.15) is 0 Å². The van der Waals surface area contributed by atoms with E-state index in [4.69, 9.17) is 0 Å². The molecule has 0 fully saturated rings. The van der Waals surface area contributed by atoms with E-state index in [0.717, 1.165) is 24.0 Å². The van der Waals surface area contributed by atoms with Crippen molar-refractivity contribution in [2.75, 3.05) is 19.3 Å². The van der Waals surface area contributed by atoms with Crippen LogP contribution in [0.3, 0.4) is 0 Å². The molecule has 2 N–H and O–H groups in total. The first-order chi connectivity index (χ1) is 10.5. The van der Waals surface area contributed by atoms with E-state index in [1.54, 1.807) is 11.8 Å². The standard InChI is InChI=1S/C16H24N4OS/c1-16(2,22-3)11-18-15(21)17-9-6-10-20-12-19-13-7-4-5-8-14(13)20/h4-5,7-8,12H,6,9-11H2,1-3H3,(H2,17,18,21). The third kappa shape index (κ3) is 4.66. The van der Waals surface area contributed by atoms with Crippen LogP contribution in [-0.2, 0) is 6.54 Å². The summed E-state index contributed by atoms with van der Waals surface area (Å²) in [6, 6.07) is 7.97. The normalized spacial score (nSPS) is 11.6. The van der Waals surface area contributed by atoms with Crippen molar-refractivity contribution in [1.82, 2.24) is 20.2 Å². The van der Waals surface area contributed by atoms with E-state index in [1.165, 1.54) is 0 Å². The van der Waals surface area contributed by atoms with Gasteiger partial charge < -0.3 is 15.2 Å². The lowest BCUT2D eigenvalue weighted by Crippen LogP contribution is -2.42. The molecule has 0 unspecified atom stereocenters. The van der Waals surface area contributed by atoms with Crippen molar-refractivity contribution < 1.29 is 4.79 Å². The van der Waals surface area contributed by atoms with Gasteiger partial charge in [0.05, 0.1) is 17.4 Å². The maximum Gasteiger partial charge on any atom is 0.314 e. The van der Waals surface area contributed by atoms with Crippen LogP contribution in [0, 0.1) is 0 Å². The van der Waals surface area contributed by atoms with Gasteiger partial charge in [-0.15, -0.1) is 0 Å². The van der Waals surface area contributed by atoms with Gasteiger partial charge in [0.25, 0.3) is 0 Å². The predicted molar refractivity (Wildman–Crippen MR) is 93.3 cm³/mol. The van der Waals surface area contributed by atoms with Crippen LogP contribution in [0.4, 0.5) is 4.79 Å². The summed E-state index contributed by atoms with van der Waals surface area (Å²) in [5.41, 5.74) is 2.14. The summed E-state index contributed by atoms with van der Waals surface area (Å²) in [5, 5.41) is 5.80. The van der Waals surface area contributed by atoms with Crippen molar-refractivity contribution in [2.45, 2.75) is 31.6 Å². The monoisotopic (exact) mass is 320 g/mol. The molecule has 5 nitrogen and oxygen atoms in total. The molecule has 2 rings (SSSR count). The van der Waals surface area contributed by atoms with Crippen molar-refractivity contribution in [2.24, 2.45) is 0 Å². The van der Waals surface area contributed by atoms with Crippen LogP contribution < -0.4 is 10.6 Å². The molecule has 0 spiro atoms. The van der Waals surface area contributed by atoms with Gasteiger partial charge in [0.15, 0.2) is 0 Å². The molecule has 0 aliphatic carbocycles. The summed E-state index contributed by atoms with van der Waals surface area (Å²) in [7, 11) is 0. The molecule has 0 atom stereocenters. The van der Waals surface area contributed by atoms with Gasteiger partial charge in [-0.2, -0.15) is 11.8 Å². The highest BCUT2D eigenvalue weighted by molar-refractivity contribution is 7.99. The lowest BCUT2D eigenvalue weighted by atomic mass is 10.2. The second-order valence-corrected chi connectivity index (χ2v) is 7.37. The number of aryl methyl sites for hydroxylation is 1. The molecule has 0 bridgehead atoms. The second-order valence-electron chi connectivity index (χ2n) is 5.85. The minimum atomic E-state index is -0.0994. The first kappa shape index (κ1) is 16.7. The number of carbonyl (C=O) groups is 1. The van der Waals surface area contributed by atoms with E-state index in [-0.39, 0.29) is 10.8 Å². The summed E-state index contributed by atoms with van der Waals surface area (Å²) in [4.78, 5) is 16.1. The molecule has 22 heavy (non-hydrogen) atoms. The van der Waals surface area contributed by atoms with Crippen LogP contribution in [-0.4, -0.2) is 39.7 Å². The smallest absolute Gasteiger partial charge is 0.314 e. The van der Waals surface area contributed by atoms with Gasteiger partial charge in [0, 0.05) is 24.4 Å². The van der Waals surface area contributed by atoms with Gasteiger partial charge in [-0.3, -0.25) is 0 Å². The highest BCUT2D eigenvalue weighted by Gasteiger charge is 2.16. The number of nitrogens with one attached hydrogen (secondary N) is 2. The van der Waals surface area contributed by atoms with E-state index in [9.17, 15) is 4.79 Å². The Bertz CT molecular complexity index is 623. The molecule has 2 aromatic rings. The molecule has 120 valence electrons. The number of urea groups is 1. The largest absolute Gasteiger partial charge is 0.338 e. The fraction of sp³-hybridized carbons (Fsp3) is 0.500. The van der Waals surface area contributed by atoms with Gasteiger partial charge >= 0.3 is 6.03 Å². The molecule has 0 radical (unpaired) electrons. The average Bonchev–Trinajstić information content (AvgIpc) is 2.93. The summed E-state index contributed by atoms with van der Waals surface area (Å²) in [6.07, 6.45) is 4.78. The number of thioether (sulfide) groups is 1. The van der Waals surface area contributed by atoms with Crippen LogP contribution in [0.5, 0.6) is 0 Å². The van der Waals surface area contributed by atoms with E-state index < -0.39 is 0 Å². The molecule has 1 aromatic carbocycles. The first-order valence-electron chi connectivity index (χ1n) is 7.48. The zero-order valence-electron chi connectivity index (χ0n) is 13.4. The van der Waals surface area contributed by atoms with E-state index >= 15 is 0 Å². The average molecular weight is 320 g/mol. The number of hydrogen-bond acceptors (Lipinski definition) is 3. The molecule has 1 heterocycles. The number of amides is 2. The molecular weight excluding hydrogens is 296 g/mol. The van der Waals surface area contributed by atoms with Crippen molar-refractivity contribution >= 4 is 28.8 Å². The van der Waals surface area contributed by atoms with Crippen molar-refractivity contribution in [3.8, 4) is 0 Å². The number of rotatable bonds is 7.